The molecule has 7 heteroatoms. The minimum absolute atomic E-state index is 0.0954. The van der Waals surface area contributed by atoms with Crippen LogP contribution in [0.25, 0.3) is 0 Å². The first-order valence-corrected chi connectivity index (χ1v) is 8.26. The average Bonchev–Trinajstić information content (AvgIpc) is 3.13. The third-order valence-electron chi connectivity index (χ3n) is 4.08. The molecule has 0 spiro atoms. The van der Waals surface area contributed by atoms with Crippen molar-refractivity contribution in [2.45, 2.75) is 26.2 Å². The maximum Gasteiger partial charge on any atom is 0.321 e. The van der Waals surface area contributed by atoms with Crippen molar-refractivity contribution in [2.24, 2.45) is 7.05 Å². The summed E-state index contributed by atoms with van der Waals surface area (Å²) in [5.74, 6) is -0.190. The van der Waals surface area contributed by atoms with Gasteiger partial charge in [0.15, 0.2) is 0 Å². The largest absolute Gasteiger partial charge is 0.336 e. The van der Waals surface area contributed by atoms with Crippen molar-refractivity contribution < 1.29 is 9.59 Å². The standard InChI is InChI=1S/C18H23N5O2/c1-18(2,3)15-14(11-22(4)21-15)16(24)20-12-5-7-13(8-6-12)23-10-9-19-17(23)25/h5-8,11H,9-10H2,1-4H3,(H,19,25)(H,20,24). The SMILES string of the molecule is Cn1cc(C(=O)Nc2ccc(N3CCNC3=O)cc2)c(C(C)(C)C)n1. The summed E-state index contributed by atoms with van der Waals surface area (Å²) in [4.78, 5) is 26.0. The Bertz CT molecular complexity index is 802. The molecule has 2 aromatic rings. The second kappa shape index (κ2) is 6.23. The number of aryl methyl sites for hydroxylation is 1. The van der Waals surface area contributed by atoms with Crippen LogP contribution in [0.15, 0.2) is 30.5 Å². The minimum Gasteiger partial charge on any atom is -0.336 e. The molecular formula is C18H23N5O2. The molecule has 1 aliphatic heterocycles. The first kappa shape index (κ1) is 17.0. The van der Waals surface area contributed by atoms with Gasteiger partial charge in [-0.2, -0.15) is 5.10 Å². The molecule has 1 aromatic heterocycles. The summed E-state index contributed by atoms with van der Waals surface area (Å²) in [6.07, 6.45) is 1.73. The van der Waals surface area contributed by atoms with Gasteiger partial charge in [-0.3, -0.25) is 14.4 Å². The average molecular weight is 341 g/mol. The Hall–Kier alpha value is -2.83. The van der Waals surface area contributed by atoms with Crippen molar-refractivity contribution in [1.82, 2.24) is 15.1 Å². The second-order valence-electron chi connectivity index (χ2n) is 7.20. The highest BCUT2D eigenvalue weighted by Gasteiger charge is 2.26. The lowest BCUT2D eigenvalue weighted by Gasteiger charge is -2.17. The number of amides is 3. The summed E-state index contributed by atoms with van der Waals surface area (Å²) < 4.78 is 1.66. The normalized spacial score (nSPS) is 14.6. The van der Waals surface area contributed by atoms with Crippen molar-refractivity contribution in [3.05, 3.63) is 41.7 Å². The fraction of sp³-hybridized carbons (Fsp3) is 0.389. The van der Waals surface area contributed by atoms with E-state index in [2.05, 4.69) is 15.7 Å². The quantitative estimate of drug-likeness (QED) is 0.900. The van der Waals surface area contributed by atoms with Crippen LogP contribution in [0.3, 0.4) is 0 Å². The van der Waals surface area contributed by atoms with Crippen molar-refractivity contribution in [3.63, 3.8) is 0 Å². The molecule has 2 N–H and O–H groups in total. The van der Waals surface area contributed by atoms with E-state index in [1.807, 2.05) is 40.0 Å². The van der Waals surface area contributed by atoms with Gasteiger partial charge in [0.1, 0.15) is 0 Å². The Morgan fingerprint density at radius 1 is 1.24 bits per heavy atom. The van der Waals surface area contributed by atoms with E-state index in [9.17, 15) is 9.59 Å². The predicted molar refractivity (Wildman–Crippen MR) is 97.0 cm³/mol. The van der Waals surface area contributed by atoms with Gasteiger partial charge < -0.3 is 10.6 Å². The summed E-state index contributed by atoms with van der Waals surface area (Å²) in [7, 11) is 1.81. The zero-order valence-corrected chi connectivity index (χ0v) is 15.0. The fourth-order valence-electron chi connectivity index (χ4n) is 2.85. The highest BCUT2D eigenvalue weighted by atomic mass is 16.2. The Labute approximate surface area is 147 Å². The fourth-order valence-corrected chi connectivity index (χ4v) is 2.85. The number of nitrogens with one attached hydrogen (secondary N) is 2. The Morgan fingerprint density at radius 2 is 1.92 bits per heavy atom. The van der Waals surface area contributed by atoms with E-state index in [0.29, 0.717) is 24.3 Å². The molecule has 2 heterocycles. The van der Waals surface area contributed by atoms with Gasteiger partial charge in [-0.1, -0.05) is 20.8 Å². The number of carbonyl (C=O) groups excluding carboxylic acids is 2. The minimum atomic E-state index is -0.221. The molecule has 0 atom stereocenters. The number of rotatable bonds is 3. The lowest BCUT2D eigenvalue weighted by Crippen LogP contribution is -2.27. The summed E-state index contributed by atoms with van der Waals surface area (Å²) in [6.45, 7) is 7.38. The molecule has 1 fully saturated rings. The monoisotopic (exact) mass is 341 g/mol. The molecule has 0 saturated carbocycles. The number of aromatic nitrogens is 2. The predicted octanol–water partition coefficient (Wildman–Crippen LogP) is 2.50. The lowest BCUT2D eigenvalue weighted by molar-refractivity contribution is 0.102. The zero-order valence-electron chi connectivity index (χ0n) is 15.0. The molecule has 3 amide bonds. The van der Waals surface area contributed by atoms with Crippen molar-refractivity contribution in [3.8, 4) is 0 Å². The van der Waals surface area contributed by atoms with Gasteiger partial charge in [0, 0.05) is 43.1 Å². The number of benzene rings is 1. The van der Waals surface area contributed by atoms with E-state index < -0.39 is 0 Å². The molecule has 1 saturated heterocycles. The topological polar surface area (TPSA) is 79.3 Å². The van der Waals surface area contributed by atoms with Gasteiger partial charge in [0.25, 0.3) is 5.91 Å². The zero-order chi connectivity index (χ0) is 18.2. The number of anilines is 2. The van der Waals surface area contributed by atoms with Gasteiger partial charge in [0.2, 0.25) is 0 Å². The van der Waals surface area contributed by atoms with E-state index in [4.69, 9.17) is 0 Å². The van der Waals surface area contributed by atoms with Gasteiger partial charge in [-0.15, -0.1) is 0 Å². The summed E-state index contributed by atoms with van der Waals surface area (Å²) in [6, 6.07) is 7.16. The van der Waals surface area contributed by atoms with Gasteiger partial charge in [-0.05, 0) is 24.3 Å². The van der Waals surface area contributed by atoms with Crippen LogP contribution in [-0.4, -0.2) is 34.8 Å². The van der Waals surface area contributed by atoms with Gasteiger partial charge in [-0.25, -0.2) is 4.79 Å². The number of hydrogen-bond acceptors (Lipinski definition) is 3. The third-order valence-corrected chi connectivity index (χ3v) is 4.08. The molecular weight excluding hydrogens is 318 g/mol. The van der Waals surface area contributed by atoms with Gasteiger partial charge >= 0.3 is 6.03 Å². The first-order chi connectivity index (χ1) is 11.8. The maximum atomic E-state index is 12.6. The van der Waals surface area contributed by atoms with Gasteiger partial charge in [0.05, 0.1) is 11.3 Å². The lowest BCUT2D eigenvalue weighted by atomic mass is 9.89. The summed E-state index contributed by atoms with van der Waals surface area (Å²) >= 11 is 0. The highest BCUT2D eigenvalue weighted by molar-refractivity contribution is 6.05. The maximum absolute atomic E-state index is 12.6. The molecule has 132 valence electrons. The first-order valence-electron chi connectivity index (χ1n) is 8.26. The van der Waals surface area contributed by atoms with Crippen molar-refractivity contribution in [1.29, 1.82) is 0 Å². The van der Waals surface area contributed by atoms with Crippen LogP contribution >= 0.6 is 0 Å². The summed E-state index contributed by atoms with van der Waals surface area (Å²) in [5, 5.41) is 10.1. The molecule has 0 bridgehead atoms. The smallest absolute Gasteiger partial charge is 0.321 e. The molecule has 0 radical (unpaired) electrons. The van der Waals surface area contributed by atoms with Crippen LogP contribution in [0.1, 0.15) is 36.8 Å². The highest BCUT2D eigenvalue weighted by Crippen LogP contribution is 2.25. The van der Waals surface area contributed by atoms with E-state index >= 15 is 0 Å². The number of hydrogen-bond donors (Lipinski definition) is 2. The van der Waals surface area contributed by atoms with E-state index in [1.54, 1.807) is 27.9 Å². The molecule has 0 unspecified atom stereocenters. The third kappa shape index (κ3) is 3.50. The Morgan fingerprint density at radius 3 is 2.48 bits per heavy atom. The van der Waals surface area contributed by atoms with Crippen LogP contribution in [0.2, 0.25) is 0 Å². The molecule has 25 heavy (non-hydrogen) atoms. The van der Waals surface area contributed by atoms with E-state index in [0.717, 1.165) is 11.4 Å². The molecule has 1 aliphatic rings. The Balaban J connectivity index is 1.77. The van der Waals surface area contributed by atoms with Crippen molar-refractivity contribution in [2.75, 3.05) is 23.3 Å². The number of urea groups is 1. The van der Waals surface area contributed by atoms with Crippen LogP contribution in [0.5, 0.6) is 0 Å². The van der Waals surface area contributed by atoms with E-state index in [1.165, 1.54) is 0 Å². The van der Waals surface area contributed by atoms with Crippen LogP contribution in [-0.2, 0) is 12.5 Å². The molecule has 7 nitrogen and oxygen atoms in total. The van der Waals surface area contributed by atoms with Crippen molar-refractivity contribution >= 4 is 23.3 Å². The number of nitrogens with zero attached hydrogens (tertiary/aromatic N) is 3. The van der Waals surface area contributed by atoms with Crippen LogP contribution in [0.4, 0.5) is 16.2 Å². The van der Waals surface area contributed by atoms with Crippen LogP contribution < -0.4 is 15.5 Å². The summed E-state index contributed by atoms with van der Waals surface area (Å²) in [5.41, 5.74) is 2.60. The number of carbonyl (C=O) groups is 2. The van der Waals surface area contributed by atoms with E-state index in [-0.39, 0.29) is 17.4 Å². The Kier molecular flexibility index (Phi) is 4.24. The second-order valence-corrected chi connectivity index (χ2v) is 7.20. The molecule has 3 rings (SSSR count). The molecule has 1 aromatic carbocycles. The molecule has 0 aliphatic carbocycles. The van der Waals surface area contributed by atoms with Crippen LogP contribution in [0, 0.1) is 0 Å².